The second kappa shape index (κ2) is 4.86. The highest BCUT2D eigenvalue weighted by molar-refractivity contribution is 6.30. The minimum atomic E-state index is -1.06. The quantitative estimate of drug-likeness (QED) is 0.775. The number of carboxylic acids is 1. The zero-order chi connectivity index (χ0) is 13.3. The van der Waals surface area contributed by atoms with Gasteiger partial charge in [-0.05, 0) is 37.0 Å². The number of carbonyl (C=O) groups is 2. The van der Waals surface area contributed by atoms with Crippen molar-refractivity contribution in [3.63, 3.8) is 0 Å². The molecule has 6 heteroatoms. The number of rotatable bonds is 4. The molecular weight excluding hydrogens is 258 g/mol. The molecule has 1 unspecified atom stereocenters. The van der Waals surface area contributed by atoms with E-state index < -0.39 is 17.9 Å². The lowest BCUT2D eigenvalue weighted by Crippen LogP contribution is -2.42. The Balaban J connectivity index is 2.13. The number of phenols is 1. The van der Waals surface area contributed by atoms with Crippen molar-refractivity contribution in [3.8, 4) is 5.75 Å². The van der Waals surface area contributed by atoms with E-state index in [1.807, 2.05) is 0 Å². The first-order valence-electron chi connectivity index (χ1n) is 5.51. The topological polar surface area (TPSA) is 86.6 Å². The lowest BCUT2D eigenvalue weighted by molar-refractivity contribution is -0.139. The molecule has 1 saturated carbocycles. The molecule has 96 valence electrons. The number of hydrogen-bond donors (Lipinski definition) is 3. The fraction of sp³-hybridized carbons (Fsp3) is 0.333. The maximum absolute atomic E-state index is 11.8. The Morgan fingerprint density at radius 1 is 1.39 bits per heavy atom. The van der Waals surface area contributed by atoms with Crippen molar-refractivity contribution in [2.24, 2.45) is 5.92 Å². The second-order valence-corrected chi connectivity index (χ2v) is 4.72. The van der Waals surface area contributed by atoms with Gasteiger partial charge in [-0.15, -0.1) is 0 Å². The van der Waals surface area contributed by atoms with E-state index in [2.05, 4.69) is 5.32 Å². The van der Waals surface area contributed by atoms with Gasteiger partial charge in [-0.25, -0.2) is 4.79 Å². The minimum absolute atomic E-state index is 0.0131. The first kappa shape index (κ1) is 12.7. The van der Waals surface area contributed by atoms with Crippen LogP contribution in [-0.4, -0.2) is 28.1 Å². The summed E-state index contributed by atoms with van der Waals surface area (Å²) in [5.74, 6) is -1.94. The van der Waals surface area contributed by atoms with E-state index in [1.165, 1.54) is 18.2 Å². The molecule has 0 aromatic heterocycles. The first-order valence-corrected chi connectivity index (χ1v) is 5.89. The molecule has 1 fully saturated rings. The van der Waals surface area contributed by atoms with Crippen molar-refractivity contribution >= 4 is 23.5 Å². The molecule has 0 spiro atoms. The number of aliphatic carboxylic acids is 1. The summed E-state index contributed by atoms with van der Waals surface area (Å²) in [5, 5.41) is 21.3. The third-order valence-corrected chi connectivity index (χ3v) is 3.09. The van der Waals surface area contributed by atoms with E-state index in [1.54, 1.807) is 0 Å². The second-order valence-electron chi connectivity index (χ2n) is 4.29. The molecule has 1 atom stereocenters. The number of amides is 1. The Hall–Kier alpha value is -1.75. The Kier molecular flexibility index (Phi) is 3.43. The molecular formula is C12H12ClNO4. The third kappa shape index (κ3) is 2.73. The summed E-state index contributed by atoms with van der Waals surface area (Å²) >= 11 is 5.65. The van der Waals surface area contributed by atoms with Gasteiger partial charge in [0, 0.05) is 5.02 Å². The van der Waals surface area contributed by atoms with E-state index in [9.17, 15) is 14.7 Å². The zero-order valence-electron chi connectivity index (χ0n) is 9.39. The smallest absolute Gasteiger partial charge is 0.326 e. The number of halogens is 1. The van der Waals surface area contributed by atoms with Crippen LogP contribution in [0.2, 0.25) is 5.02 Å². The van der Waals surface area contributed by atoms with Gasteiger partial charge in [0.2, 0.25) is 0 Å². The van der Waals surface area contributed by atoms with Crippen LogP contribution in [0, 0.1) is 5.92 Å². The number of carbonyl (C=O) groups excluding carboxylic acids is 1. The molecule has 1 aliphatic rings. The highest BCUT2D eigenvalue weighted by Crippen LogP contribution is 2.33. The van der Waals surface area contributed by atoms with E-state index in [0.29, 0.717) is 5.02 Å². The van der Waals surface area contributed by atoms with Gasteiger partial charge < -0.3 is 15.5 Å². The molecule has 3 N–H and O–H groups in total. The van der Waals surface area contributed by atoms with Crippen LogP contribution in [0.1, 0.15) is 23.2 Å². The van der Waals surface area contributed by atoms with Crippen LogP contribution in [0.3, 0.4) is 0 Å². The largest absolute Gasteiger partial charge is 0.507 e. The van der Waals surface area contributed by atoms with Gasteiger partial charge in [0.05, 0.1) is 5.56 Å². The molecule has 0 heterocycles. The summed E-state index contributed by atoms with van der Waals surface area (Å²) in [4.78, 5) is 22.8. The summed E-state index contributed by atoms with van der Waals surface area (Å²) in [6.45, 7) is 0. The van der Waals surface area contributed by atoms with Crippen molar-refractivity contribution in [3.05, 3.63) is 28.8 Å². The number of phenolic OH excluding ortho intramolecular Hbond substituents is 1. The Morgan fingerprint density at radius 2 is 2.06 bits per heavy atom. The lowest BCUT2D eigenvalue weighted by atomic mass is 10.1. The molecule has 0 saturated heterocycles. The number of nitrogens with one attached hydrogen (secondary N) is 1. The Bertz CT molecular complexity index is 499. The van der Waals surface area contributed by atoms with E-state index in [-0.39, 0.29) is 17.2 Å². The van der Waals surface area contributed by atoms with Gasteiger partial charge in [0.25, 0.3) is 5.91 Å². The average molecular weight is 270 g/mol. The summed E-state index contributed by atoms with van der Waals surface area (Å²) in [5.41, 5.74) is 0.0197. The SMILES string of the molecule is O=C(NC(C(=O)O)C1CC1)c1ccc(Cl)cc1O. The normalized spacial score (nSPS) is 16.1. The summed E-state index contributed by atoms with van der Waals surface area (Å²) < 4.78 is 0. The molecule has 5 nitrogen and oxygen atoms in total. The van der Waals surface area contributed by atoms with Crippen LogP contribution in [-0.2, 0) is 4.79 Å². The maximum atomic E-state index is 11.8. The first-order chi connectivity index (χ1) is 8.49. The minimum Gasteiger partial charge on any atom is -0.507 e. The summed E-state index contributed by atoms with van der Waals surface area (Å²) in [6.07, 6.45) is 1.59. The van der Waals surface area contributed by atoms with Crippen LogP contribution >= 0.6 is 11.6 Å². The van der Waals surface area contributed by atoms with Gasteiger partial charge in [0.15, 0.2) is 0 Å². The fourth-order valence-electron chi connectivity index (χ4n) is 1.73. The molecule has 0 aliphatic heterocycles. The lowest BCUT2D eigenvalue weighted by Gasteiger charge is -2.14. The van der Waals surface area contributed by atoms with Crippen molar-refractivity contribution in [1.82, 2.24) is 5.32 Å². The molecule has 2 rings (SSSR count). The van der Waals surface area contributed by atoms with Gasteiger partial charge in [0.1, 0.15) is 11.8 Å². The van der Waals surface area contributed by atoms with Gasteiger partial charge >= 0.3 is 5.97 Å². The van der Waals surface area contributed by atoms with Gasteiger partial charge in [-0.2, -0.15) is 0 Å². The zero-order valence-corrected chi connectivity index (χ0v) is 10.1. The van der Waals surface area contributed by atoms with Crippen LogP contribution < -0.4 is 5.32 Å². The number of benzene rings is 1. The van der Waals surface area contributed by atoms with E-state index in [4.69, 9.17) is 16.7 Å². The highest BCUT2D eigenvalue weighted by atomic mass is 35.5. The van der Waals surface area contributed by atoms with Crippen LogP contribution in [0.15, 0.2) is 18.2 Å². The van der Waals surface area contributed by atoms with Gasteiger partial charge in [-0.3, -0.25) is 4.79 Å². The van der Waals surface area contributed by atoms with E-state index in [0.717, 1.165) is 12.8 Å². The third-order valence-electron chi connectivity index (χ3n) is 2.85. The fourth-order valence-corrected chi connectivity index (χ4v) is 1.89. The predicted molar refractivity (Wildman–Crippen MR) is 64.7 cm³/mol. The molecule has 1 aliphatic carbocycles. The standard InChI is InChI=1S/C12H12ClNO4/c13-7-3-4-8(9(15)5-7)11(16)14-10(12(17)18)6-1-2-6/h3-6,10,15H,1-2H2,(H,14,16)(H,17,18). The summed E-state index contributed by atoms with van der Waals surface area (Å²) in [6, 6.07) is 3.17. The molecule has 1 aromatic carbocycles. The molecule has 1 aromatic rings. The summed E-state index contributed by atoms with van der Waals surface area (Å²) in [7, 11) is 0. The number of carboxylic acid groups (broad SMARTS) is 1. The van der Waals surface area contributed by atoms with Crippen LogP contribution in [0.4, 0.5) is 0 Å². The molecule has 18 heavy (non-hydrogen) atoms. The monoisotopic (exact) mass is 269 g/mol. The highest BCUT2D eigenvalue weighted by Gasteiger charge is 2.37. The molecule has 0 bridgehead atoms. The number of hydrogen-bond acceptors (Lipinski definition) is 3. The average Bonchev–Trinajstić information content (AvgIpc) is 3.08. The Labute approximate surface area is 108 Å². The predicted octanol–water partition coefficient (Wildman–Crippen LogP) is 1.64. The van der Waals surface area contributed by atoms with Crippen molar-refractivity contribution in [1.29, 1.82) is 0 Å². The van der Waals surface area contributed by atoms with Crippen LogP contribution in [0.5, 0.6) is 5.75 Å². The molecule has 0 radical (unpaired) electrons. The van der Waals surface area contributed by atoms with Crippen molar-refractivity contribution in [2.75, 3.05) is 0 Å². The van der Waals surface area contributed by atoms with Crippen molar-refractivity contribution in [2.45, 2.75) is 18.9 Å². The Morgan fingerprint density at radius 3 is 2.56 bits per heavy atom. The van der Waals surface area contributed by atoms with Crippen molar-refractivity contribution < 1.29 is 19.8 Å². The number of aromatic hydroxyl groups is 1. The van der Waals surface area contributed by atoms with Gasteiger partial charge in [-0.1, -0.05) is 11.6 Å². The van der Waals surface area contributed by atoms with E-state index >= 15 is 0 Å². The maximum Gasteiger partial charge on any atom is 0.326 e. The molecule has 1 amide bonds. The van der Waals surface area contributed by atoms with Crippen LogP contribution in [0.25, 0.3) is 0 Å².